The summed E-state index contributed by atoms with van der Waals surface area (Å²) in [6.07, 6.45) is 18.1. The predicted molar refractivity (Wildman–Crippen MR) is 174 cm³/mol. The molecule has 0 saturated heterocycles. The molecule has 0 unspecified atom stereocenters. The molecule has 3 N–H and O–H groups in total. The van der Waals surface area contributed by atoms with Crippen LogP contribution in [-0.2, 0) is 33.4 Å². The third kappa shape index (κ3) is 11.2. The van der Waals surface area contributed by atoms with Crippen molar-refractivity contribution >= 4 is 29.4 Å². The number of carbonyl (C=O) groups excluding carboxylic acids is 5. The van der Waals surface area contributed by atoms with Crippen molar-refractivity contribution in [2.75, 3.05) is 7.11 Å². The summed E-state index contributed by atoms with van der Waals surface area (Å²) in [4.78, 5) is 63.8. The minimum atomic E-state index is -0.968. The normalized spacial score (nSPS) is 26.5. The van der Waals surface area contributed by atoms with Gasteiger partial charge in [0.25, 0.3) is 0 Å². The Bertz CT molecular complexity index is 1310. The van der Waals surface area contributed by atoms with Crippen LogP contribution in [0.15, 0.2) is 71.5 Å². The van der Waals surface area contributed by atoms with Crippen LogP contribution < -0.4 is 10.6 Å². The van der Waals surface area contributed by atoms with E-state index in [1.165, 1.54) is 13.2 Å². The molecule has 1 saturated carbocycles. The third-order valence-electron chi connectivity index (χ3n) is 8.65. The molecule has 10 heteroatoms. The first-order valence-electron chi connectivity index (χ1n) is 16.2. The first kappa shape index (κ1) is 36.6. The lowest BCUT2D eigenvalue weighted by Gasteiger charge is -2.29. The van der Waals surface area contributed by atoms with Crippen molar-refractivity contribution in [3.05, 3.63) is 71.5 Å². The van der Waals surface area contributed by atoms with Gasteiger partial charge in [-0.3, -0.25) is 19.2 Å². The molecule has 5 atom stereocenters. The Morgan fingerprint density at radius 1 is 1.04 bits per heavy atom. The molecule has 0 aromatic rings. The number of hydrogen-bond donors (Lipinski definition) is 3. The maximum Gasteiger partial charge on any atom is 0.328 e. The second-order valence-corrected chi connectivity index (χ2v) is 12.3. The SMILES string of the molecule is CO[C@H]1C=CC=CC=CC[C@H](OC(=O)[C@@H](C)NC(=O)C2CCCCC2)[C@@H](C)[C@@H](O)C(C)=CCCC2=CC(=O)C=C(NC(=O)C1)C2=O. The number of rotatable bonds is 5. The Balaban J connectivity index is 1.79. The summed E-state index contributed by atoms with van der Waals surface area (Å²) in [5, 5.41) is 16.6. The molecule has 0 aromatic heterocycles. The lowest BCUT2D eigenvalue weighted by Crippen LogP contribution is -2.45. The van der Waals surface area contributed by atoms with Crippen LogP contribution in [0.3, 0.4) is 0 Å². The van der Waals surface area contributed by atoms with Crippen molar-refractivity contribution in [1.29, 1.82) is 0 Å². The Kier molecular flexibility index (Phi) is 14.6. The molecule has 10 nitrogen and oxygen atoms in total. The van der Waals surface area contributed by atoms with E-state index in [1.807, 2.05) is 6.08 Å². The molecular formula is C36H48N2O8. The number of methoxy groups -OCH3 is 1. The summed E-state index contributed by atoms with van der Waals surface area (Å²) in [5.74, 6) is -2.59. The average molecular weight is 637 g/mol. The molecule has 2 amide bonds. The van der Waals surface area contributed by atoms with E-state index >= 15 is 0 Å². The monoisotopic (exact) mass is 636 g/mol. The fourth-order valence-corrected chi connectivity index (χ4v) is 5.73. The number of allylic oxidation sites excluding steroid dienone is 8. The van der Waals surface area contributed by atoms with Crippen LogP contribution in [0.4, 0.5) is 0 Å². The van der Waals surface area contributed by atoms with Gasteiger partial charge in [-0.05, 0) is 51.2 Å². The number of fused-ring (bicyclic) bond motifs is 2. The number of aliphatic hydroxyl groups excluding tert-OH is 1. The highest BCUT2D eigenvalue weighted by molar-refractivity contribution is 6.21. The highest BCUT2D eigenvalue weighted by atomic mass is 16.5. The van der Waals surface area contributed by atoms with Crippen LogP contribution >= 0.6 is 0 Å². The van der Waals surface area contributed by atoms with Gasteiger partial charge in [0.1, 0.15) is 12.1 Å². The van der Waals surface area contributed by atoms with Crippen molar-refractivity contribution in [1.82, 2.24) is 10.6 Å². The highest BCUT2D eigenvalue weighted by Crippen LogP contribution is 2.25. The second-order valence-electron chi connectivity index (χ2n) is 12.3. The average Bonchev–Trinajstić information content (AvgIpc) is 3.04. The van der Waals surface area contributed by atoms with Crippen molar-refractivity contribution < 1.29 is 38.6 Å². The maximum atomic E-state index is 13.1. The van der Waals surface area contributed by atoms with E-state index in [2.05, 4.69) is 10.6 Å². The molecule has 0 radical (unpaired) electrons. The third-order valence-corrected chi connectivity index (χ3v) is 8.65. The van der Waals surface area contributed by atoms with Gasteiger partial charge in [-0.1, -0.05) is 68.7 Å². The number of carbonyl (C=O) groups is 5. The van der Waals surface area contributed by atoms with Crippen LogP contribution in [0.25, 0.3) is 0 Å². The summed E-state index contributed by atoms with van der Waals surface area (Å²) in [6.45, 7) is 5.16. The van der Waals surface area contributed by atoms with Crippen LogP contribution in [0.1, 0.15) is 78.6 Å². The number of aliphatic hydroxyl groups is 1. The number of ketones is 2. The van der Waals surface area contributed by atoms with Crippen molar-refractivity contribution in [2.24, 2.45) is 11.8 Å². The molecule has 3 aliphatic rings. The quantitative estimate of drug-likeness (QED) is 0.230. The molecule has 1 fully saturated rings. The Hall–Kier alpha value is -3.89. The lowest BCUT2D eigenvalue weighted by atomic mass is 9.88. The zero-order valence-corrected chi connectivity index (χ0v) is 27.3. The first-order chi connectivity index (χ1) is 22.0. The largest absolute Gasteiger partial charge is 0.460 e. The number of ether oxygens (including phenoxy) is 2. The summed E-state index contributed by atoms with van der Waals surface area (Å²) >= 11 is 0. The Labute approximate surface area is 271 Å². The summed E-state index contributed by atoms with van der Waals surface area (Å²) in [5.41, 5.74) is 0.803. The first-order valence-corrected chi connectivity index (χ1v) is 16.2. The van der Waals surface area contributed by atoms with Crippen molar-refractivity contribution in [2.45, 2.75) is 103 Å². The molecule has 3 rings (SSSR count). The van der Waals surface area contributed by atoms with E-state index in [9.17, 15) is 29.1 Å². The van der Waals surface area contributed by atoms with Crippen LogP contribution in [-0.4, -0.2) is 65.9 Å². The predicted octanol–water partition coefficient (Wildman–Crippen LogP) is 4.26. The number of hydrogen-bond acceptors (Lipinski definition) is 8. The lowest BCUT2D eigenvalue weighted by molar-refractivity contribution is -0.156. The molecule has 1 heterocycles. The molecule has 2 aliphatic carbocycles. The summed E-state index contributed by atoms with van der Waals surface area (Å²) < 4.78 is 11.3. The summed E-state index contributed by atoms with van der Waals surface area (Å²) in [6, 6.07) is -0.840. The molecule has 0 spiro atoms. The van der Waals surface area contributed by atoms with E-state index in [4.69, 9.17) is 9.47 Å². The molecular weight excluding hydrogens is 588 g/mol. The van der Waals surface area contributed by atoms with E-state index in [0.717, 1.165) is 38.2 Å². The minimum Gasteiger partial charge on any atom is -0.460 e. The topological polar surface area (TPSA) is 148 Å². The second kappa shape index (κ2) is 18.3. The van der Waals surface area contributed by atoms with Crippen LogP contribution in [0, 0.1) is 11.8 Å². The standard InChI is InChI=1S/C36H48N2O8/c1-23-14-13-17-27-20-28(39)21-30(34(27)42)38-32(40)22-29(45-4)18-11-6-5-7-12-19-31(24(2)33(23)41)46-36(44)25(3)37-35(43)26-15-9-8-10-16-26/h5-7,11-12,14,18,20-21,24-26,29,31,33,41H,8-10,13,15-17,19,22H2,1-4H3,(H,37,43)(H,38,40)/t24-,25-,29+,31+,33+/m1/s1. The van der Waals surface area contributed by atoms with Crippen molar-refractivity contribution in [3.63, 3.8) is 0 Å². The van der Waals surface area contributed by atoms with Gasteiger partial charge in [-0.15, -0.1) is 0 Å². The van der Waals surface area contributed by atoms with E-state index in [-0.39, 0.29) is 35.9 Å². The Morgan fingerprint density at radius 3 is 2.48 bits per heavy atom. The number of esters is 1. The zero-order valence-electron chi connectivity index (χ0n) is 27.3. The smallest absolute Gasteiger partial charge is 0.328 e. The van der Waals surface area contributed by atoms with Gasteiger partial charge in [0.05, 0.1) is 24.3 Å². The van der Waals surface area contributed by atoms with Gasteiger partial charge in [-0.2, -0.15) is 0 Å². The number of Topliss-reactive ketones (excluding diaryl/α,β-unsaturated/α-hetero) is 1. The van der Waals surface area contributed by atoms with E-state index < -0.39 is 53.7 Å². The Morgan fingerprint density at radius 2 is 1.76 bits per heavy atom. The fraction of sp³-hybridized carbons (Fsp3) is 0.528. The molecule has 2 bridgehead atoms. The molecule has 250 valence electrons. The zero-order chi connectivity index (χ0) is 33.6. The molecule has 1 aliphatic heterocycles. The van der Waals surface area contributed by atoms with Gasteiger partial charge < -0.3 is 25.2 Å². The molecule has 0 aromatic carbocycles. The highest BCUT2D eigenvalue weighted by Gasteiger charge is 2.31. The minimum absolute atomic E-state index is 0.0567. The van der Waals surface area contributed by atoms with Gasteiger partial charge in [0, 0.05) is 37.0 Å². The van der Waals surface area contributed by atoms with E-state index in [0.29, 0.717) is 18.4 Å². The number of amides is 2. The fourth-order valence-electron chi connectivity index (χ4n) is 5.73. The van der Waals surface area contributed by atoms with E-state index in [1.54, 1.807) is 57.2 Å². The maximum absolute atomic E-state index is 13.1. The van der Waals surface area contributed by atoms with Gasteiger partial charge >= 0.3 is 5.97 Å². The van der Waals surface area contributed by atoms with Crippen molar-refractivity contribution in [3.8, 4) is 0 Å². The van der Waals surface area contributed by atoms with Gasteiger partial charge in [-0.25, -0.2) is 4.79 Å². The van der Waals surface area contributed by atoms with Crippen LogP contribution in [0.2, 0.25) is 0 Å². The van der Waals surface area contributed by atoms with Gasteiger partial charge in [0.2, 0.25) is 17.6 Å². The molecule has 46 heavy (non-hydrogen) atoms. The number of nitrogens with one attached hydrogen (secondary N) is 2. The van der Waals surface area contributed by atoms with Gasteiger partial charge in [0.15, 0.2) is 5.78 Å². The summed E-state index contributed by atoms with van der Waals surface area (Å²) in [7, 11) is 1.47. The van der Waals surface area contributed by atoms with Crippen LogP contribution in [0.5, 0.6) is 0 Å².